The second-order valence-electron chi connectivity index (χ2n) is 9.59. The molecule has 39 heavy (non-hydrogen) atoms. The molecule has 0 spiro atoms. The summed E-state index contributed by atoms with van der Waals surface area (Å²) in [4.78, 5) is 21.8. The summed E-state index contributed by atoms with van der Waals surface area (Å²) in [7, 11) is -1.40. The van der Waals surface area contributed by atoms with E-state index in [1.165, 1.54) is 6.07 Å². The van der Waals surface area contributed by atoms with Crippen LogP contribution < -0.4 is 26.0 Å². The topological polar surface area (TPSA) is 148 Å². The first kappa shape index (κ1) is 28.2. The number of ether oxygens (including phenoxy) is 1. The molecular weight excluding hydrogens is 520 g/mol. The minimum Gasteiger partial charge on any atom is -0.492 e. The highest BCUT2D eigenvalue weighted by molar-refractivity contribution is 7.92. The first-order chi connectivity index (χ1) is 18.6. The molecule has 13 heteroatoms. The SMILES string of the molecule is CCOc1cc(N2CCN(C)CC2)ccc1Nc1nc(N)n(C(=O)NCc2ccccc2S(=O)(=O)C(C)C)n1. The summed E-state index contributed by atoms with van der Waals surface area (Å²) in [5.41, 5.74) is 8.16. The minimum atomic E-state index is -3.52. The lowest BCUT2D eigenvalue weighted by Crippen LogP contribution is -2.44. The van der Waals surface area contributed by atoms with E-state index in [1.807, 2.05) is 25.1 Å². The standard InChI is InChI=1S/C26H36N8O4S/c1-5-38-22-16-20(33-14-12-32(4)13-15-33)10-11-21(22)29-25-30-24(27)34(31-25)26(35)28-17-19-8-6-7-9-23(19)39(36,37)18(2)3/h6-11,16,18H,5,12-15,17H2,1-4H3,(H,28,35)(H3,27,29,30,31). The lowest BCUT2D eigenvalue weighted by molar-refractivity contribution is 0.239. The molecule has 210 valence electrons. The van der Waals surface area contributed by atoms with Gasteiger partial charge in [-0.2, -0.15) is 4.98 Å². The van der Waals surface area contributed by atoms with Crippen LogP contribution in [0.5, 0.6) is 5.75 Å². The van der Waals surface area contributed by atoms with Crippen LogP contribution in [0, 0.1) is 0 Å². The summed E-state index contributed by atoms with van der Waals surface area (Å²) in [5, 5.41) is 9.39. The maximum Gasteiger partial charge on any atom is 0.345 e. The third-order valence-electron chi connectivity index (χ3n) is 6.53. The van der Waals surface area contributed by atoms with Crippen LogP contribution in [0.25, 0.3) is 0 Å². The first-order valence-electron chi connectivity index (χ1n) is 12.9. The molecule has 0 bridgehead atoms. The Balaban J connectivity index is 1.48. The molecule has 1 aliphatic rings. The van der Waals surface area contributed by atoms with Gasteiger partial charge in [0.15, 0.2) is 9.84 Å². The number of piperazine rings is 1. The zero-order valence-electron chi connectivity index (χ0n) is 22.7. The van der Waals surface area contributed by atoms with Crippen molar-refractivity contribution in [2.45, 2.75) is 37.5 Å². The fourth-order valence-electron chi connectivity index (χ4n) is 4.22. The fourth-order valence-corrected chi connectivity index (χ4v) is 5.51. The quantitative estimate of drug-likeness (QED) is 0.359. The van der Waals surface area contributed by atoms with E-state index >= 15 is 0 Å². The number of sulfone groups is 1. The molecule has 0 radical (unpaired) electrons. The van der Waals surface area contributed by atoms with E-state index in [9.17, 15) is 13.2 Å². The van der Waals surface area contributed by atoms with Gasteiger partial charge in [-0.1, -0.05) is 18.2 Å². The highest BCUT2D eigenvalue weighted by Crippen LogP contribution is 2.32. The van der Waals surface area contributed by atoms with Gasteiger partial charge in [0, 0.05) is 44.5 Å². The van der Waals surface area contributed by atoms with Gasteiger partial charge in [0.2, 0.25) is 11.9 Å². The minimum absolute atomic E-state index is 0.0226. The molecule has 1 amide bonds. The maximum atomic E-state index is 12.9. The van der Waals surface area contributed by atoms with Crippen LogP contribution in [0.4, 0.5) is 28.1 Å². The summed E-state index contributed by atoms with van der Waals surface area (Å²) < 4.78 is 32.2. The monoisotopic (exact) mass is 556 g/mol. The Labute approximate surface area is 229 Å². The van der Waals surface area contributed by atoms with Crippen molar-refractivity contribution in [3.63, 3.8) is 0 Å². The predicted molar refractivity (Wildman–Crippen MR) is 151 cm³/mol. The van der Waals surface area contributed by atoms with Gasteiger partial charge < -0.3 is 30.9 Å². The molecule has 0 atom stereocenters. The van der Waals surface area contributed by atoms with Crippen molar-refractivity contribution in [3.8, 4) is 5.75 Å². The number of rotatable bonds is 9. The van der Waals surface area contributed by atoms with Gasteiger partial charge in [0.25, 0.3) is 0 Å². The molecule has 4 rings (SSSR count). The second-order valence-corrected chi connectivity index (χ2v) is 12.1. The summed E-state index contributed by atoms with van der Waals surface area (Å²) in [5.74, 6) is 0.639. The first-order valence-corrected chi connectivity index (χ1v) is 14.4. The Morgan fingerprint density at radius 1 is 1.13 bits per heavy atom. The Morgan fingerprint density at radius 2 is 1.85 bits per heavy atom. The van der Waals surface area contributed by atoms with E-state index in [2.05, 4.69) is 37.6 Å². The average Bonchev–Trinajstić information content (AvgIpc) is 3.28. The van der Waals surface area contributed by atoms with Crippen LogP contribution in [0.1, 0.15) is 26.3 Å². The molecule has 0 saturated carbocycles. The molecule has 4 N–H and O–H groups in total. The number of nitrogens with two attached hydrogens (primary N) is 1. The number of aromatic nitrogens is 3. The van der Waals surface area contributed by atoms with Gasteiger partial charge in [-0.15, -0.1) is 9.78 Å². The molecule has 3 aromatic rings. The second kappa shape index (κ2) is 11.9. The molecule has 1 saturated heterocycles. The Morgan fingerprint density at radius 3 is 2.54 bits per heavy atom. The number of nitrogens with one attached hydrogen (secondary N) is 2. The number of carbonyl (C=O) groups excluding carboxylic acids is 1. The highest BCUT2D eigenvalue weighted by atomic mass is 32.2. The number of nitrogens with zero attached hydrogens (tertiary/aromatic N) is 5. The molecule has 0 unspecified atom stereocenters. The highest BCUT2D eigenvalue weighted by Gasteiger charge is 2.23. The zero-order chi connectivity index (χ0) is 28.2. The van der Waals surface area contributed by atoms with E-state index in [0.29, 0.717) is 23.6 Å². The lowest BCUT2D eigenvalue weighted by atomic mass is 10.2. The summed E-state index contributed by atoms with van der Waals surface area (Å²) >= 11 is 0. The summed E-state index contributed by atoms with van der Waals surface area (Å²) in [6.07, 6.45) is 0. The average molecular weight is 557 g/mol. The van der Waals surface area contributed by atoms with Crippen molar-refractivity contribution in [2.24, 2.45) is 0 Å². The number of nitrogen functional groups attached to an aromatic ring is 1. The molecule has 1 fully saturated rings. The van der Waals surface area contributed by atoms with E-state index in [0.717, 1.165) is 36.5 Å². The van der Waals surface area contributed by atoms with Crippen LogP contribution in [-0.2, 0) is 16.4 Å². The third-order valence-corrected chi connectivity index (χ3v) is 8.79. The van der Waals surface area contributed by atoms with E-state index in [-0.39, 0.29) is 23.3 Å². The molecule has 2 heterocycles. The van der Waals surface area contributed by atoms with Crippen LogP contribution in [0.2, 0.25) is 0 Å². The van der Waals surface area contributed by atoms with Gasteiger partial charge in [-0.05, 0) is 51.6 Å². The largest absolute Gasteiger partial charge is 0.492 e. The number of hydrogen-bond acceptors (Lipinski definition) is 10. The Kier molecular flexibility index (Phi) is 8.60. The molecule has 2 aromatic carbocycles. The lowest BCUT2D eigenvalue weighted by Gasteiger charge is -2.34. The van der Waals surface area contributed by atoms with Gasteiger partial charge in [0.1, 0.15) is 5.75 Å². The number of likely N-dealkylation sites (N-methyl/N-ethyl adjacent to an activating group) is 1. The number of hydrogen-bond donors (Lipinski definition) is 3. The van der Waals surface area contributed by atoms with Crippen molar-refractivity contribution in [3.05, 3.63) is 48.0 Å². The molecule has 1 aliphatic heterocycles. The molecule has 12 nitrogen and oxygen atoms in total. The van der Waals surface area contributed by atoms with Crippen molar-refractivity contribution in [1.82, 2.24) is 25.0 Å². The number of carbonyl (C=O) groups is 1. The van der Waals surface area contributed by atoms with Gasteiger partial charge >= 0.3 is 6.03 Å². The molecular formula is C26H36N8O4S. The maximum absolute atomic E-state index is 12.9. The smallest absolute Gasteiger partial charge is 0.345 e. The van der Waals surface area contributed by atoms with Gasteiger partial charge in [-0.3, -0.25) is 0 Å². The van der Waals surface area contributed by atoms with Gasteiger partial charge in [-0.25, -0.2) is 13.2 Å². The van der Waals surface area contributed by atoms with E-state index in [1.54, 1.807) is 32.0 Å². The summed E-state index contributed by atoms with van der Waals surface area (Å²) in [6, 6.07) is 11.8. The number of amides is 1. The van der Waals surface area contributed by atoms with Crippen LogP contribution in [0.15, 0.2) is 47.4 Å². The normalized spacial score (nSPS) is 14.4. The van der Waals surface area contributed by atoms with E-state index < -0.39 is 21.1 Å². The fraction of sp³-hybridized carbons (Fsp3) is 0.423. The predicted octanol–water partition coefficient (Wildman–Crippen LogP) is 2.69. The van der Waals surface area contributed by atoms with Crippen LogP contribution in [0.3, 0.4) is 0 Å². The Hall–Kier alpha value is -3.84. The molecule has 1 aromatic heterocycles. The molecule has 0 aliphatic carbocycles. The van der Waals surface area contributed by atoms with Crippen molar-refractivity contribution >= 4 is 39.1 Å². The van der Waals surface area contributed by atoms with Crippen LogP contribution >= 0.6 is 0 Å². The number of anilines is 4. The van der Waals surface area contributed by atoms with Crippen molar-refractivity contribution < 1.29 is 17.9 Å². The van der Waals surface area contributed by atoms with E-state index in [4.69, 9.17) is 10.5 Å². The zero-order valence-corrected chi connectivity index (χ0v) is 23.5. The Bertz CT molecular complexity index is 1420. The van der Waals surface area contributed by atoms with Crippen LogP contribution in [-0.4, -0.2) is 79.2 Å². The van der Waals surface area contributed by atoms with Gasteiger partial charge in [0.05, 0.1) is 22.4 Å². The summed E-state index contributed by atoms with van der Waals surface area (Å²) in [6.45, 7) is 9.44. The third kappa shape index (κ3) is 6.42. The number of benzene rings is 2. The van der Waals surface area contributed by atoms with Crippen molar-refractivity contribution in [1.29, 1.82) is 0 Å². The van der Waals surface area contributed by atoms with Crippen molar-refractivity contribution in [2.75, 3.05) is 55.8 Å².